The molecule has 3 aromatic carbocycles. The zero-order chi connectivity index (χ0) is 26.2. The number of para-hydroxylation sites is 1. The lowest BCUT2D eigenvalue weighted by molar-refractivity contribution is -0.384. The van der Waals surface area contributed by atoms with E-state index in [0.717, 1.165) is 0 Å². The maximum atomic E-state index is 13.2. The number of methoxy groups -OCH3 is 1. The van der Waals surface area contributed by atoms with Crippen molar-refractivity contribution in [2.75, 3.05) is 7.11 Å². The molecule has 0 spiro atoms. The summed E-state index contributed by atoms with van der Waals surface area (Å²) in [6.45, 7) is 0. The first kappa shape index (κ1) is 21.7. The van der Waals surface area contributed by atoms with Gasteiger partial charge in [-0.3, -0.25) is 25.0 Å². The van der Waals surface area contributed by atoms with E-state index in [4.69, 9.17) is 9.47 Å². The number of nitro benzene ring substituents is 1. The van der Waals surface area contributed by atoms with Crippen LogP contribution in [0, 0.1) is 10.1 Å². The lowest BCUT2D eigenvalue weighted by Gasteiger charge is -2.46. The second kappa shape index (κ2) is 6.94. The van der Waals surface area contributed by atoms with Crippen molar-refractivity contribution in [2.45, 2.75) is 30.8 Å². The van der Waals surface area contributed by atoms with Crippen LogP contribution in [0.3, 0.4) is 0 Å². The van der Waals surface area contributed by atoms with E-state index in [-0.39, 0.29) is 16.8 Å². The normalized spacial score (nSPS) is 26.0. The third-order valence-electron chi connectivity index (χ3n) is 8.13. The third-order valence-corrected chi connectivity index (χ3v) is 8.13. The fourth-order valence-electron chi connectivity index (χ4n) is 6.74. The predicted octanol–water partition coefficient (Wildman–Crippen LogP) is 2.47. The van der Waals surface area contributed by atoms with Gasteiger partial charge in [-0.2, -0.15) is 0 Å². The summed E-state index contributed by atoms with van der Waals surface area (Å²) in [5, 5.41) is 38.4. The van der Waals surface area contributed by atoms with E-state index < -0.39 is 47.5 Å². The van der Waals surface area contributed by atoms with Gasteiger partial charge in [0.25, 0.3) is 17.5 Å². The Morgan fingerprint density at radius 2 is 1.63 bits per heavy atom. The number of amides is 2. The molecule has 1 saturated heterocycles. The highest BCUT2D eigenvalue weighted by atomic mass is 16.7. The van der Waals surface area contributed by atoms with E-state index in [1.807, 2.05) is 28.8 Å². The number of nitro groups is 1. The van der Waals surface area contributed by atoms with Crippen LogP contribution in [-0.2, 0) is 9.47 Å². The highest BCUT2D eigenvalue weighted by Gasteiger charge is 2.51. The molecule has 0 aliphatic carbocycles. The molecule has 0 saturated carbocycles. The molecule has 1 fully saturated rings. The molecule has 5 unspecified atom stereocenters. The van der Waals surface area contributed by atoms with Crippen LogP contribution in [0.4, 0.5) is 5.69 Å². The summed E-state index contributed by atoms with van der Waals surface area (Å²) < 4.78 is 15.1. The summed E-state index contributed by atoms with van der Waals surface area (Å²) in [4.78, 5) is 37.6. The zero-order valence-corrected chi connectivity index (χ0v) is 19.6. The lowest BCUT2D eigenvalue weighted by atomic mass is 9.94. The Labute approximate surface area is 211 Å². The van der Waals surface area contributed by atoms with Crippen LogP contribution < -0.4 is 5.32 Å². The number of carbonyl (C=O) groups excluding carboxylic acids is 2. The third kappa shape index (κ3) is 2.30. The Hall–Kier alpha value is -4.36. The van der Waals surface area contributed by atoms with Crippen LogP contribution in [0.25, 0.3) is 43.6 Å². The fraction of sp³-hybridized carbons (Fsp3) is 0.231. The van der Waals surface area contributed by atoms with Gasteiger partial charge < -0.3 is 28.8 Å². The number of nitrogens with one attached hydrogen (secondary N) is 1. The van der Waals surface area contributed by atoms with Crippen molar-refractivity contribution in [2.24, 2.45) is 0 Å². The van der Waals surface area contributed by atoms with Gasteiger partial charge in [0.1, 0.15) is 18.2 Å². The standard InChI is InChI=1S/C26H18N4O8/c1-37-22-21(31)20-25(38-26(22)34)29-12-5-3-2-4-10(12)14-16-17(24(33)27-23(16)32)15-11-8-9(30(35)36)6-7-13(11)28(20)18(15)19(14)29/h2-8,20-22,25-26,31,34H,1H3,(H,27,32,33). The molecule has 12 heteroatoms. The second-order valence-corrected chi connectivity index (χ2v) is 9.79. The Morgan fingerprint density at radius 3 is 2.34 bits per heavy atom. The number of carbonyl (C=O) groups is 2. The maximum Gasteiger partial charge on any atom is 0.270 e. The molecule has 2 aromatic heterocycles. The number of rotatable bonds is 2. The number of non-ortho nitro benzene ring substituents is 1. The van der Waals surface area contributed by atoms with Crippen molar-refractivity contribution < 1.29 is 34.2 Å². The molecule has 5 aromatic rings. The minimum Gasteiger partial charge on any atom is -0.388 e. The molecule has 3 aliphatic heterocycles. The molecule has 2 amide bonds. The van der Waals surface area contributed by atoms with Gasteiger partial charge in [-0.15, -0.1) is 0 Å². The number of ether oxygens (including phenoxy) is 2. The molecule has 3 N–H and O–H groups in total. The molecular weight excluding hydrogens is 496 g/mol. The van der Waals surface area contributed by atoms with Crippen LogP contribution >= 0.6 is 0 Å². The van der Waals surface area contributed by atoms with Gasteiger partial charge in [0.15, 0.2) is 12.5 Å². The first-order valence-corrected chi connectivity index (χ1v) is 11.9. The van der Waals surface area contributed by atoms with Gasteiger partial charge in [-0.1, -0.05) is 18.2 Å². The predicted molar refractivity (Wildman–Crippen MR) is 133 cm³/mol. The number of benzene rings is 3. The molecule has 5 heterocycles. The van der Waals surface area contributed by atoms with Crippen LogP contribution in [0.5, 0.6) is 0 Å². The molecule has 190 valence electrons. The molecule has 5 atom stereocenters. The minimum absolute atomic E-state index is 0.137. The van der Waals surface area contributed by atoms with Gasteiger partial charge >= 0.3 is 0 Å². The van der Waals surface area contributed by atoms with Crippen LogP contribution in [-0.4, -0.2) is 61.7 Å². The molecule has 12 nitrogen and oxygen atoms in total. The Bertz CT molecular complexity index is 1960. The Morgan fingerprint density at radius 1 is 0.974 bits per heavy atom. The van der Waals surface area contributed by atoms with Crippen molar-refractivity contribution in [1.82, 2.24) is 14.5 Å². The maximum absolute atomic E-state index is 13.2. The quantitative estimate of drug-likeness (QED) is 0.184. The van der Waals surface area contributed by atoms with Crippen LogP contribution in [0.15, 0.2) is 42.5 Å². The van der Waals surface area contributed by atoms with Gasteiger partial charge in [0, 0.05) is 40.8 Å². The number of hydrogen-bond acceptors (Lipinski definition) is 8. The Balaban J connectivity index is 1.68. The van der Waals surface area contributed by atoms with E-state index in [2.05, 4.69) is 5.32 Å². The number of hydrogen-bond donors (Lipinski definition) is 3. The zero-order valence-electron chi connectivity index (χ0n) is 19.6. The van der Waals surface area contributed by atoms with Crippen molar-refractivity contribution in [3.63, 3.8) is 0 Å². The number of aliphatic hydroxyl groups is 2. The van der Waals surface area contributed by atoms with Crippen molar-refractivity contribution in [3.8, 4) is 0 Å². The monoisotopic (exact) mass is 514 g/mol. The molecule has 8 rings (SSSR count). The topological polar surface area (TPSA) is 158 Å². The summed E-state index contributed by atoms with van der Waals surface area (Å²) in [5.41, 5.74) is 2.42. The van der Waals surface area contributed by atoms with Crippen molar-refractivity contribution >= 4 is 61.1 Å². The second-order valence-electron chi connectivity index (χ2n) is 9.79. The molecule has 38 heavy (non-hydrogen) atoms. The highest BCUT2D eigenvalue weighted by Crippen LogP contribution is 2.54. The summed E-state index contributed by atoms with van der Waals surface area (Å²) in [6, 6.07) is 10.8. The number of aliphatic hydroxyl groups excluding tert-OH is 2. The molecular formula is C26H18N4O8. The SMILES string of the molecule is COC1C(O)OC2C(C1O)n1c3ccc([N+](=O)[O-])cc3c3c4c(c5c6ccccc6n2c5c31)C(=O)NC4=O. The van der Waals surface area contributed by atoms with Gasteiger partial charge in [-0.05, 0) is 12.1 Å². The highest BCUT2D eigenvalue weighted by molar-refractivity contribution is 6.39. The Kier molecular flexibility index (Phi) is 3.96. The number of aromatic nitrogens is 2. The average molecular weight is 514 g/mol. The number of nitrogens with zero attached hydrogens (tertiary/aromatic N) is 3. The van der Waals surface area contributed by atoms with E-state index >= 15 is 0 Å². The van der Waals surface area contributed by atoms with Crippen LogP contribution in [0.2, 0.25) is 0 Å². The van der Waals surface area contributed by atoms with E-state index in [9.17, 15) is 29.9 Å². The molecule has 3 aliphatic rings. The van der Waals surface area contributed by atoms with Gasteiger partial charge in [-0.25, -0.2) is 0 Å². The van der Waals surface area contributed by atoms with Crippen molar-refractivity contribution in [3.05, 3.63) is 63.7 Å². The summed E-state index contributed by atoms with van der Waals surface area (Å²) >= 11 is 0. The lowest BCUT2D eigenvalue weighted by Crippen LogP contribution is -2.54. The summed E-state index contributed by atoms with van der Waals surface area (Å²) in [7, 11) is 1.36. The van der Waals surface area contributed by atoms with Gasteiger partial charge in [0.05, 0.1) is 38.1 Å². The number of imide groups is 1. The van der Waals surface area contributed by atoms with E-state index in [1.165, 1.54) is 19.2 Å². The van der Waals surface area contributed by atoms with E-state index in [1.54, 1.807) is 10.6 Å². The summed E-state index contributed by atoms with van der Waals surface area (Å²) in [6.07, 6.45) is -4.71. The molecule has 0 radical (unpaired) electrons. The first-order valence-electron chi connectivity index (χ1n) is 11.9. The minimum atomic E-state index is -1.45. The average Bonchev–Trinajstić information content (AvgIpc) is 3.51. The van der Waals surface area contributed by atoms with Crippen LogP contribution in [0.1, 0.15) is 33.0 Å². The van der Waals surface area contributed by atoms with Crippen molar-refractivity contribution in [1.29, 1.82) is 0 Å². The summed E-state index contributed by atoms with van der Waals surface area (Å²) in [5.74, 6) is -1.16. The number of fused-ring (bicyclic) bond motifs is 12. The fourth-order valence-corrected chi connectivity index (χ4v) is 6.74. The smallest absolute Gasteiger partial charge is 0.270 e. The van der Waals surface area contributed by atoms with E-state index in [0.29, 0.717) is 43.6 Å². The molecule has 0 bridgehead atoms. The largest absolute Gasteiger partial charge is 0.388 e. The van der Waals surface area contributed by atoms with Gasteiger partial charge in [0.2, 0.25) is 0 Å². The first-order chi connectivity index (χ1) is 18.3.